The first kappa shape index (κ1) is 9.08. The van der Waals surface area contributed by atoms with Gasteiger partial charge in [-0.25, -0.2) is 15.0 Å². The molecule has 0 aliphatic heterocycles. The van der Waals surface area contributed by atoms with E-state index < -0.39 is 0 Å². The van der Waals surface area contributed by atoms with E-state index in [-0.39, 0.29) is 0 Å². The van der Waals surface area contributed by atoms with Crippen molar-refractivity contribution in [2.75, 3.05) is 0 Å². The monoisotopic (exact) mass is 213 g/mol. The molecular weight excluding hydrogens is 202 g/mol. The summed E-state index contributed by atoms with van der Waals surface area (Å²) in [7, 11) is 2.00. The maximum atomic E-state index is 4.46. The number of rotatable bonds is 1. The summed E-state index contributed by atoms with van der Waals surface area (Å²) in [6.45, 7) is 2.06. The molecule has 0 spiro atoms. The number of aromatic amines is 1. The SMILES string of the molecule is Cc1cc(-c2nc3cncnc3[nH]2)n(C)c1. The predicted octanol–water partition coefficient (Wildman–Crippen LogP) is 1.67. The van der Waals surface area contributed by atoms with Crippen LogP contribution in [0, 0.1) is 6.92 Å². The minimum Gasteiger partial charge on any atom is -0.348 e. The number of aromatic nitrogens is 5. The number of fused-ring (bicyclic) bond motifs is 1. The lowest BCUT2D eigenvalue weighted by atomic mass is 10.3. The highest BCUT2D eigenvalue weighted by atomic mass is 15.1. The molecule has 0 aliphatic rings. The van der Waals surface area contributed by atoms with Crippen LogP contribution in [0.25, 0.3) is 22.7 Å². The van der Waals surface area contributed by atoms with Crippen LogP contribution in [0.2, 0.25) is 0 Å². The van der Waals surface area contributed by atoms with E-state index in [1.54, 1.807) is 6.20 Å². The molecule has 0 fully saturated rings. The fraction of sp³-hybridized carbons (Fsp3) is 0.182. The van der Waals surface area contributed by atoms with E-state index >= 15 is 0 Å². The van der Waals surface area contributed by atoms with Crippen molar-refractivity contribution in [1.29, 1.82) is 0 Å². The van der Waals surface area contributed by atoms with Gasteiger partial charge in [-0.1, -0.05) is 0 Å². The molecule has 0 unspecified atom stereocenters. The van der Waals surface area contributed by atoms with Gasteiger partial charge in [0, 0.05) is 13.2 Å². The standard InChI is InChI=1S/C11H11N5/c1-7-3-9(16(2)5-7)11-14-8-4-12-6-13-10(8)15-11/h3-6H,1-2H3,(H,12,13,14,15). The van der Waals surface area contributed by atoms with Gasteiger partial charge in [0.2, 0.25) is 0 Å². The summed E-state index contributed by atoms with van der Waals surface area (Å²) in [5.41, 5.74) is 3.82. The van der Waals surface area contributed by atoms with Crippen molar-refractivity contribution in [1.82, 2.24) is 24.5 Å². The molecule has 1 N–H and O–H groups in total. The molecule has 0 saturated heterocycles. The summed E-state index contributed by atoms with van der Waals surface area (Å²) in [6.07, 6.45) is 5.28. The summed E-state index contributed by atoms with van der Waals surface area (Å²) >= 11 is 0. The lowest BCUT2D eigenvalue weighted by Gasteiger charge is -1.96. The Kier molecular flexibility index (Phi) is 1.80. The topological polar surface area (TPSA) is 59.4 Å². The normalized spacial score (nSPS) is 11.1. The van der Waals surface area contributed by atoms with Crippen molar-refractivity contribution in [2.45, 2.75) is 6.92 Å². The highest BCUT2D eigenvalue weighted by Crippen LogP contribution is 2.20. The second-order valence-electron chi connectivity index (χ2n) is 3.86. The Morgan fingerprint density at radius 2 is 2.25 bits per heavy atom. The van der Waals surface area contributed by atoms with Gasteiger partial charge in [0.15, 0.2) is 11.5 Å². The van der Waals surface area contributed by atoms with Crippen molar-refractivity contribution in [3.05, 3.63) is 30.4 Å². The lowest BCUT2D eigenvalue weighted by Crippen LogP contribution is -1.90. The minimum absolute atomic E-state index is 0.767. The zero-order valence-electron chi connectivity index (χ0n) is 9.10. The van der Waals surface area contributed by atoms with E-state index in [4.69, 9.17) is 0 Å². The molecule has 3 aromatic heterocycles. The molecule has 80 valence electrons. The molecule has 3 aromatic rings. The Balaban J connectivity index is 2.22. The third kappa shape index (κ3) is 1.29. The summed E-state index contributed by atoms with van der Waals surface area (Å²) in [5.74, 6) is 0.825. The molecule has 0 amide bonds. The van der Waals surface area contributed by atoms with Crippen LogP contribution < -0.4 is 0 Å². The van der Waals surface area contributed by atoms with Crippen molar-refractivity contribution in [3.63, 3.8) is 0 Å². The molecule has 5 nitrogen and oxygen atoms in total. The van der Waals surface area contributed by atoms with Crippen LogP contribution in [-0.2, 0) is 7.05 Å². The van der Waals surface area contributed by atoms with Crippen LogP contribution in [0.4, 0.5) is 0 Å². The van der Waals surface area contributed by atoms with Crippen LogP contribution in [-0.4, -0.2) is 24.5 Å². The molecule has 3 rings (SSSR count). The zero-order valence-corrected chi connectivity index (χ0v) is 9.10. The van der Waals surface area contributed by atoms with Crippen LogP contribution in [0.5, 0.6) is 0 Å². The van der Waals surface area contributed by atoms with E-state index in [1.807, 2.05) is 11.6 Å². The molecule has 3 heterocycles. The van der Waals surface area contributed by atoms with Gasteiger partial charge < -0.3 is 9.55 Å². The largest absolute Gasteiger partial charge is 0.348 e. The lowest BCUT2D eigenvalue weighted by molar-refractivity contribution is 0.924. The van der Waals surface area contributed by atoms with Gasteiger partial charge in [0.1, 0.15) is 11.8 Å². The van der Waals surface area contributed by atoms with Crippen LogP contribution in [0.15, 0.2) is 24.8 Å². The molecule has 0 atom stereocenters. The van der Waals surface area contributed by atoms with E-state index in [0.717, 1.165) is 22.7 Å². The first-order valence-electron chi connectivity index (χ1n) is 5.03. The molecule has 16 heavy (non-hydrogen) atoms. The Bertz CT molecular complexity index is 616. The van der Waals surface area contributed by atoms with Gasteiger partial charge >= 0.3 is 0 Å². The summed E-state index contributed by atoms with van der Waals surface area (Å²) in [5, 5.41) is 0. The van der Waals surface area contributed by atoms with Gasteiger partial charge in [0.25, 0.3) is 0 Å². The second-order valence-corrected chi connectivity index (χ2v) is 3.86. The van der Waals surface area contributed by atoms with Crippen LogP contribution in [0.1, 0.15) is 5.56 Å². The van der Waals surface area contributed by atoms with Crippen molar-refractivity contribution in [2.24, 2.45) is 7.05 Å². The van der Waals surface area contributed by atoms with E-state index in [0.29, 0.717) is 0 Å². The highest BCUT2D eigenvalue weighted by molar-refractivity contribution is 5.74. The molecule has 0 aliphatic carbocycles. The summed E-state index contributed by atoms with van der Waals surface area (Å²) < 4.78 is 2.04. The predicted molar refractivity (Wildman–Crippen MR) is 60.8 cm³/mol. The van der Waals surface area contributed by atoms with E-state index in [2.05, 4.69) is 39.1 Å². The van der Waals surface area contributed by atoms with Crippen molar-refractivity contribution >= 4 is 11.2 Å². The summed E-state index contributed by atoms with van der Waals surface area (Å²) in [4.78, 5) is 15.7. The zero-order chi connectivity index (χ0) is 11.1. The minimum atomic E-state index is 0.767. The van der Waals surface area contributed by atoms with Crippen molar-refractivity contribution < 1.29 is 0 Å². The fourth-order valence-electron chi connectivity index (χ4n) is 1.85. The van der Waals surface area contributed by atoms with Gasteiger partial charge in [-0.3, -0.25) is 0 Å². The number of hydrogen-bond acceptors (Lipinski definition) is 3. The van der Waals surface area contributed by atoms with Gasteiger partial charge in [0.05, 0.1) is 11.9 Å². The summed E-state index contributed by atoms with van der Waals surface area (Å²) in [6, 6.07) is 2.09. The van der Waals surface area contributed by atoms with Gasteiger partial charge in [-0.2, -0.15) is 0 Å². The molecule has 0 bridgehead atoms. The molecular formula is C11H11N5. The Morgan fingerprint density at radius 1 is 1.38 bits per heavy atom. The van der Waals surface area contributed by atoms with Crippen LogP contribution >= 0.6 is 0 Å². The maximum Gasteiger partial charge on any atom is 0.161 e. The number of imidazole rings is 1. The number of nitrogens with one attached hydrogen (secondary N) is 1. The third-order valence-corrected chi connectivity index (χ3v) is 2.55. The molecule has 5 heteroatoms. The third-order valence-electron chi connectivity index (χ3n) is 2.55. The first-order chi connectivity index (χ1) is 7.74. The Morgan fingerprint density at radius 3 is 2.94 bits per heavy atom. The number of hydrogen-bond donors (Lipinski definition) is 1. The van der Waals surface area contributed by atoms with Crippen LogP contribution in [0.3, 0.4) is 0 Å². The van der Waals surface area contributed by atoms with E-state index in [1.165, 1.54) is 11.9 Å². The van der Waals surface area contributed by atoms with Gasteiger partial charge in [-0.05, 0) is 18.6 Å². The van der Waals surface area contributed by atoms with Crippen molar-refractivity contribution in [3.8, 4) is 11.5 Å². The Hall–Kier alpha value is -2.17. The average molecular weight is 213 g/mol. The quantitative estimate of drug-likeness (QED) is 0.668. The van der Waals surface area contributed by atoms with E-state index in [9.17, 15) is 0 Å². The average Bonchev–Trinajstić information content (AvgIpc) is 2.81. The second kappa shape index (κ2) is 3.16. The number of aryl methyl sites for hydroxylation is 2. The van der Waals surface area contributed by atoms with Gasteiger partial charge in [-0.15, -0.1) is 0 Å². The smallest absolute Gasteiger partial charge is 0.161 e. The fourth-order valence-corrected chi connectivity index (χ4v) is 1.85. The first-order valence-corrected chi connectivity index (χ1v) is 5.03. The Labute approximate surface area is 92.2 Å². The number of nitrogens with zero attached hydrogens (tertiary/aromatic N) is 4. The molecule has 0 saturated carbocycles. The maximum absolute atomic E-state index is 4.46. The molecule has 0 radical (unpaired) electrons. The number of H-pyrrole nitrogens is 1. The molecule has 0 aromatic carbocycles. The highest BCUT2D eigenvalue weighted by Gasteiger charge is 2.09.